The topological polar surface area (TPSA) is 87.0 Å². The van der Waals surface area contributed by atoms with Crippen LogP contribution in [0.2, 0.25) is 0 Å². The molecule has 2 heterocycles. The van der Waals surface area contributed by atoms with Gasteiger partial charge in [-0.15, -0.1) is 0 Å². The highest BCUT2D eigenvalue weighted by molar-refractivity contribution is 6.35. The van der Waals surface area contributed by atoms with Gasteiger partial charge in [0.2, 0.25) is 0 Å². The van der Waals surface area contributed by atoms with Crippen LogP contribution in [-0.4, -0.2) is 42.9 Å². The molecule has 8 heteroatoms. The normalized spacial score (nSPS) is 15.7. The summed E-state index contributed by atoms with van der Waals surface area (Å²) in [6, 6.07) is 19.8. The molecule has 8 nitrogen and oxygen atoms in total. The zero-order valence-corrected chi connectivity index (χ0v) is 18.1. The van der Waals surface area contributed by atoms with Gasteiger partial charge in [-0.2, -0.15) is 0 Å². The van der Waals surface area contributed by atoms with Crippen molar-refractivity contribution < 1.29 is 14.5 Å². The summed E-state index contributed by atoms with van der Waals surface area (Å²) in [5.41, 5.74) is 3.04. The van der Waals surface area contributed by atoms with Crippen LogP contribution in [0.15, 0.2) is 66.7 Å². The summed E-state index contributed by atoms with van der Waals surface area (Å²) >= 11 is 0. The minimum absolute atomic E-state index is 0.0685. The summed E-state index contributed by atoms with van der Waals surface area (Å²) < 4.78 is 0. The number of imide groups is 1. The van der Waals surface area contributed by atoms with E-state index < -0.39 is 16.7 Å². The lowest BCUT2D eigenvalue weighted by Gasteiger charge is -2.37. The number of rotatable bonds is 4. The molecule has 0 spiro atoms. The van der Waals surface area contributed by atoms with Crippen molar-refractivity contribution in [1.82, 2.24) is 0 Å². The third-order valence-electron chi connectivity index (χ3n) is 6.21. The molecule has 2 aliphatic heterocycles. The van der Waals surface area contributed by atoms with Gasteiger partial charge in [-0.3, -0.25) is 19.7 Å². The second-order valence-corrected chi connectivity index (χ2v) is 8.23. The molecule has 3 aromatic carbocycles. The average Bonchev–Trinajstić information content (AvgIpc) is 3.09. The Hall–Kier alpha value is -4.20. The summed E-state index contributed by atoms with van der Waals surface area (Å²) in [6.45, 7) is 4.44. The van der Waals surface area contributed by atoms with E-state index in [1.807, 2.05) is 54.3 Å². The van der Waals surface area contributed by atoms with E-state index in [0.29, 0.717) is 37.6 Å². The van der Waals surface area contributed by atoms with Crippen LogP contribution in [0.3, 0.4) is 0 Å². The van der Waals surface area contributed by atoms with E-state index in [1.165, 1.54) is 12.1 Å². The monoisotopic (exact) mass is 442 g/mol. The molecule has 0 bridgehead atoms. The Bertz CT molecular complexity index is 1250. The molecule has 0 aromatic heterocycles. The number of hydrogen-bond acceptors (Lipinski definition) is 6. The van der Waals surface area contributed by atoms with E-state index in [1.54, 1.807) is 12.1 Å². The Balaban J connectivity index is 1.46. The Morgan fingerprint density at radius 1 is 0.758 bits per heavy atom. The number of hydrogen-bond donors (Lipinski definition) is 0. The molecule has 0 aliphatic carbocycles. The molecule has 0 unspecified atom stereocenters. The number of amides is 2. The third kappa shape index (κ3) is 3.59. The molecule has 0 saturated carbocycles. The molecule has 33 heavy (non-hydrogen) atoms. The van der Waals surface area contributed by atoms with Gasteiger partial charge in [0.1, 0.15) is 5.69 Å². The maximum atomic E-state index is 13.2. The van der Waals surface area contributed by atoms with Crippen LogP contribution in [0.4, 0.5) is 22.7 Å². The van der Waals surface area contributed by atoms with E-state index >= 15 is 0 Å². The third-order valence-corrected chi connectivity index (χ3v) is 6.21. The predicted molar refractivity (Wildman–Crippen MR) is 126 cm³/mol. The number of benzene rings is 3. The summed E-state index contributed by atoms with van der Waals surface area (Å²) in [6.07, 6.45) is 0. The molecular formula is C25H22N4O4. The molecule has 1 saturated heterocycles. The SMILES string of the molecule is Cc1ccc(N2C(=O)c3cc(N4CCN(c5ccccc5)CC4)c([N+](=O)[O-])cc3C2=O)cc1. The zero-order chi connectivity index (χ0) is 23.1. The largest absolute Gasteiger partial charge is 0.368 e. The number of piperazine rings is 1. The first kappa shape index (κ1) is 20.7. The maximum absolute atomic E-state index is 13.2. The van der Waals surface area contributed by atoms with Crippen LogP contribution in [0.5, 0.6) is 0 Å². The van der Waals surface area contributed by atoms with Crippen molar-refractivity contribution >= 4 is 34.6 Å². The Labute approximate surface area is 190 Å². The minimum atomic E-state index is -0.539. The standard InChI is InChI=1S/C25H22N4O4/c1-17-7-9-19(10-8-17)28-24(30)20-15-22(23(29(32)33)16-21(20)25(28)31)27-13-11-26(12-14-27)18-5-3-2-4-6-18/h2-10,15-16H,11-14H2,1H3. The molecule has 1 fully saturated rings. The highest BCUT2D eigenvalue weighted by Crippen LogP contribution is 2.38. The fraction of sp³-hybridized carbons (Fsp3) is 0.200. The van der Waals surface area contributed by atoms with Gasteiger partial charge in [-0.25, -0.2) is 4.90 Å². The molecule has 5 rings (SSSR count). The Kier molecular flexibility index (Phi) is 5.05. The second kappa shape index (κ2) is 8.05. The van der Waals surface area contributed by atoms with Gasteiger partial charge in [-0.05, 0) is 37.3 Å². The molecule has 2 amide bonds. The van der Waals surface area contributed by atoms with Crippen molar-refractivity contribution in [2.75, 3.05) is 40.9 Å². The number of carbonyl (C=O) groups excluding carboxylic acids is 2. The number of para-hydroxylation sites is 1. The summed E-state index contributed by atoms with van der Waals surface area (Å²) in [5.74, 6) is -1.000. The van der Waals surface area contributed by atoms with Gasteiger partial charge >= 0.3 is 0 Å². The van der Waals surface area contributed by atoms with Gasteiger partial charge in [0.15, 0.2) is 0 Å². The molecule has 3 aromatic rings. The fourth-order valence-electron chi connectivity index (χ4n) is 4.44. The van der Waals surface area contributed by atoms with Crippen molar-refractivity contribution in [2.45, 2.75) is 6.92 Å². The Morgan fingerprint density at radius 2 is 1.33 bits per heavy atom. The van der Waals surface area contributed by atoms with Gasteiger partial charge < -0.3 is 9.80 Å². The van der Waals surface area contributed by atoms with Gasteiger partial charge in [0.25, 0.3) is 17.5 Å². The van der Waals surface area contributed by atoms with Crippen LogP contribution < -0.4 is 14.7 Å². The minimum Gasteiger partial charge on any atom is -0.368 e. The number of fused-ring (bicyclic) bond motifs is 1. The van der Waals surface area contributed by atoms with Crippen molar-refractivity contribution in [3.63, 3.8) is 0 Å². The molecular weight excluding hydrogens is 420 g/mol. The lowest BCUT2D eigenvalue weighted by atomic mass is 10.1. The lowest BCUT2D eigenvalue weighted by molar-refractivity contribution is -0.384. The first-order chi connectivity index (χ1) is 15.9. The number of aryl methyl sites for hydroxylation is 1. The zero-order valence-electron chi connectivity index (χ0n) is 18.1. The Morgan fingerprint density at radius 3 is 1.94 bits per heavy atom. The predicted octanol–water partition coefficient (Wildman–Crippen LogP) is 4.03. The van der Waals surface area contributed by atoms with Crippen LogP contribution in [0, 0.1) is 17.0 Å². The smallest absolute Gasteiger partial charge is 0.293 e. The summed E-state index contributed by atoms with van der Waals surface area (Å²) in [5, 5.41) is 11.9. The van der Waals surface area contributed by atoms with Crippen molar-refractivity contribution in [1.29, 1.82) is 0 Å². The van der Waals surface area contributed by atoms with Crippen LogP contribution in [-0.2, 0) is 0 Å². The lowest BCUT2D eigenvalue weighted by Crippen LogP contribution is -2.46. The van der Waals surface area contributed by atoms with E-state index in [9.17, 15) is 19.7 Å². The molecule has 2 aliphatic rings. The highest BCUT2D eigenvalue weighted by atomic mass is 16.6. The van der Waals surface area contributed by atoms with Crippen molar-refractivity contribution in [2.24, 2.45) is 0 Å². The quantitative estimate of drug-likeness (QED) is 0.344. The maximum Gasteiger partial charge on any atom is 0.293 e. The van der Waals surface area contributed by atoms with E-state index in [2.05, 4.69) is 4.90 Å². The van der Waals surface area contributed by atoms with Crippen LogP contribution in [0.1, 0.15) is 26.3 Å². The second-order valence-electron chi connectivity index (χ2n) is 8.23. The number of nitro benzene ring substituents is 1. The van der Waals surface area contributed by atoms with Crippen molar-refractivity contribution in [3.8, 4) is 0 Å². The van der Waals surface area contributed by atoms with Gasteiger partial charge in [0, 0.05) is 37.9 Å². The molecule has 166 valence electrons. The number of nitro groups is 1. The fourth-order valence-corrected chi connectivity index (χ4v) is 4.44. The average molecular weight is 442 g/mol. The first-order valence-electron chi connectivity index (χ1n) is 10.8. The van der Waals surface area contributed by atoms with Gasteiger partial charge in [-0.1, -0.05) is 35.9 Å². The number of nitrogens with zero attached hydrogens (tertiary/aromatic N) is 4. The summed E-state index contributed by atoms with van der Waals surface area (Å²) in [4.78, 5) is 42.8. The van der Waals surface area contributed by atoms with Gasteiger partial charge in [0.05, 0.1) is 21.7 Å². The molecule has 0 N–H and O–H groups in total. The van der Waals surface area contributed by atoms with Crippen LogP contribution in [0.25, 0.3) is 0 Å². The molecule has 0 radical (unpaired) electrons. The van der Waals surface area contributed by atoms with E-state index in [-0.39, 0.29) is 16.8 Å². The number of carbonyl (C=O) groups is 2. The van der Waals surface area contributed by atoms with Crippen LogP contribution >= 0.6 is 0 Å². The number of anilines is 3. The van der Waals surface area contributed by atoms with Crippen molar-refractivity contribution in [3.05, 3.63) is 93.5 Å². The summed E-state index contributed by atoms with van der Waals surface area (Å²) in [7, 11) is 0. The van der Waals surface area contributed by atoms with E-state index in [4.69, 9.17) is 0 Å². The highest BCUT2D eigenvalue weighted by Gasteiger charge is 2.40. The molecule has 0 atom stereocenters. The van der Waals surface area contributed by atoms with E-state index in [0.717, 1.165) is 16.2 Å². The first-order valence-corrected chi connectivity index (χ1v) is 10.8.